The third-order valence-corrected chi connectivity index (χ3v) is 5.32. The molecule has 21 heavy (non-hydrogen) atoms. The summed E-state index contributed by atoms with van der Waals surface area (Å²) in [6, 6.07) is 4.34. The molecule has 0 amide bonds. The number of hydrogen-bond acceptors (Lipinski definition) is 5. The van der Waals surface area contributed by atoms with Crippen molar-refractivity contribution in [1.29, 1.82) is 0 Å². The standard InChI is InChI=1S/C13H20ClN3O3S/c1-2-17-5-6-20-11(9-17)8-16-21(18,19)13-4-3-10(15)7-12(13)14/h3-4,7,11,16H,2,5-6,8-9,15H2,1H3. The molecule has 6 nitrogen and oxygen atoms in total. The van der Waals surface area contributed by atoms with Crippen molar-refractivity contribution in [3.05, 3.63) is 23.2 Å². The molecule has 1 aromatic carbocycles. The second kappa shape index (κ2) is 6.93. The summed E-state index contributed by atoms with van der Waals surface area (Å²) >= 11 is 5.94. The van der Waals surface area contributed by atoms with Crippen LogP contribution in [0.4, 0.5) is 5.69 Å². The molecule has 8 heteroatoms. The first-order valence-corrected chi connectivity index (χ1v) is 8.67. The molecule has 0 radical (unpaired) electrons. The summed E-state index contributed by atoms with van der Waals surface area (Å²) in [6.07, 6.45) is -0.152. The normalized spacial score (nSPS) is 20.6. The molecule has 118 valence electrons. The van der Waals surface area contributed by atoms with E-state index in [2.05, 4.69) is 16.5 Å². The molecule has 2 rings (SSSR count). The van der Waals surface area contributed by atoms with E-state index in [1.165, 1.54) is 18.2 Å². The van der Waals surface area contributed by atoms with Crippen molar-refractivity contribution in [2.24, 2.45) is 0 Å². The lowest BCUT2D eigenvalue weighted by Gasteiger charge is -2.32. The van der Waals surface area contributed by atoms with Gasteiger partial charge in [-0.05, 0) is 24.7 Å². The zero-order valence-corrected chi connectivity index (χ0v) is 13.5. The summed E-state index contributed by atoms with van der Waals surface area (Å²) in [4.78, 5) is 2.25. The Bertz CT molecular complexity index is 594. The number of halogens is 1. The minimum atomic E-state index is -3.67. The second-order valence-electron chi connectivity index (χ2n) is 4.93. The van der Waals surface area contributed by atoms with Crippen molar-refractivity contribution in [1.82, 2.24) is 9.62 Å². The lowest BCUT2D eigenvalue weighted by molar-refractivity contribution is -0.0229. The number of nitrogen functional groups attached to an aromatic ring is 1. The molecule has 1 fully saturated rings. The first-order chi connectivity index (χ1) is 9.92. The van der Waals surface area contributed by atoms with Crippen molar-refractivity contribution >= 4 is 27.3 Å². The number of nitrogens with one attached hydrogen (secondary N) is 1. The number of hydrogen-bond donors (Lipinski definition) is 2. The molecular weight excluding hydrogens is 314 g/mol. The fraction of sp³-hybridized carbons (Fsp3) is 0.538. The summed E-state index contributed by atoms with van der Waals surface area (Å²) in [5.41, 5.74) is 5.99. The highest BCUT2D eigenvalue weighted by molar-refractivity contribution is 7.89. The van der Waals surface area contributed by atoms with Crippen LogP contribution in [0.2, 0.25) is 5.02 Å². The third-order valence-electron chi connectivity index (χ3n) is 3.42. The van der Waals surface area contributed by atoms with Crippen LogP contribution in [-0.2, 0) is 14.8 Å². The zero-order valence-electron chi connectivity index (χ0n) is 11.9. The van der Waals surface area contributed by atoms with E-state index in [-0.39, 0.29) is 22.6 Å². The van der Waals surface area contributed by atoms with E-state index in [9.17, 15) is 8.42 Å². The minimum absolute atomic E-state index is 0.0292. The topological polar surface area (TPSA) is 84.7 Å². The summed E-state index contributed by atoms with van der Waals surface area (Å²) in [7, 11) is -3.67. The molecule has 0 bridgehead atoms. The predicted molar refractivity (Wildman–Crippen MR) is 82.9 cm³/mol. The van der Waals surface area contributed by atoms with Gasteiger partial charge in [-0.15, -0.1) is 0 Å². The molecule has 1 unspecified atom stereocenters. The van der Waals surface area contributed by atoms with Gasteiger partial charge in [-0.25, -0.2) is 13.1 Å². The largest absolute Gasteiger partial charge is 0.399 e. The van der Waals surface area contributed by atoms with E-state index < -0.39 is 10.0 Å². The molecule has 3 N–H and O–H groups in total. The fourth-order valence-electron chi connectivity index (χ4n) is 2.21. The van der Waals surface area contributed by atoms with Crippen molar-refractivity contribution < 1.29 is 13.2 Å². The molecule has 1 aliphatic rings. The molecule has 1 heterocycles. The molecule has 0 aliphatic carbocycles. The van der Waals surface area contributed by atoms with E-state index in [0.29, 0.717) is 18.8 Å². The summed E-state index contributed by atoms with van der Waals surface area (Å²) < 4.78 is 32.6. The molecule has 1 saturated heterocycles. The van der Waals surface area contributed by atoms with Gasteiger partial charge in [0.1, 0.15) is 4.90 Å². The number of likely N-dealkylation sites (N-methyl/N-ethyl adjacent to an activating group) is 1. The average molecular weight is 334 g/mol. The number of nitrogens with two attached hydrogens (primary N) is 1. The molecular formula is C13H20ClN3O3S. The van der Waals surface area contributed by atoms with E-state index in [1.807, 2.05) is 0 Å². The molecule has 1 aliphatic heterocycles. The van der Waals surface area contributed by atoms with Gasteiger partial charge >= 0.3 is 0 Å². The molecule has 1 atom stereocenters. The van der Waals surface area contributed by atoms with Crippen molar-refractivity contribution in [2.45, 2.75) is 17.9 Å². The van der Waals surface area contributed by atoms with Gasteiger partial charge in [-0.2, -0.15) is 0 Å². The highest BCUT2D eigenvalue weighted by atomic mass is 35.5. The first kappa shape index (κ1) is 16.5. The minimum Gasteiger partial charge on any atom is -0.399 e. The highest BCUT2D eigenvalue weighted by Gasteiger charge is 2.23. The summed E-state index contributed by atoms with van der Waals surface area (Å²) in [5.74, 6) is 0. The number of nitrogens with zero attached hydrogens (tertiary/aromatic N) is 1. The maximum absolute atomic E-state index is 12.3. The zero-order chi connectivity index (χ0) is 15.5. The third kappa shape index (κ3) is 4.31. The van der Waals surface area contributed by atoms with Gasteiger partial charge in [-0.1, -0.05) is 18.5 Å². The Balaban J connectivity index is 2.01. The molecule has 0 aromatic heterocycles. The number of benzene rings is 1. The van der Waals surface area contributed by atoms with Gasteiger partial charge in [0.05, 0.1) is 17.7 Å². The van der Waals surface area contributed by atoms with Crippen LogP contribution in [0.15, 0.2) is 23.1 Å². The maximum Gasteiger partial charge on any atom is 0.242 e. The van der Waals surface area contributed by atoms with Gasteiger partial charge in [0.15, 0.2) is 0 Å². The Labute approximate surface area is 130 Å². The van der Waals surface area contributed by atoms with Gasteiger partial charge in [0.25, 0.3) is 0 Å². The van der Waals surface area contributed by atoms with E-state index in [0.717, 1.165) is 13.1 Å². The maximum atomic E-state index is 12.3. The summed E-state index contributed by atoms with van der Waals surface area (Å²) in [5, 5.41) is 0.113. The first-order valence-electron chi connectivity index (χ1n) is 6.81. The van der Waals surface area contributed by atoms with Gasteiger partial charge in [0.2, 0.25) is 10.0 Å². The van der Waals surface area contributed by atoms with Crippen LogP contribution < -0.4 is 10.5 Å². The Morgan fingerprint density at radius 2 is 2.29 bits per heavy atom. The Morgan fingerprint density at radius 1 is 1.52 bits per heavy atom. The number of sulfonamides is 1. The van der Waals surface area contributed by atoms with Crippen LogP contribution in [0.5, 0.6) is 0 Å². The van der Waals surface area contributed by atoms with Gasteiger partial charge < -0.3 is 10.5 Å². The van der Waals surface area contributed by atoms with Crippen molar-refractivity contribution in [2.75, 3.05) is 38.5 Å². The summed E-state index contributed by atoms with van der Waals surface area (Å²) in [6.45, 7) is 5.43. The lowest BCUT2D eigenvalue weighted by atomic mass is 10.3. The van der Waals surface area contributed by atoms with Crippen LogP contribution in [0.25, 0.3) is 0 Å². The van der Waals surface area contributed by atoms with Crippen LogP contribution in [0, 0.1) is 0 Å². The monoisotopic (exact) mass is 333 g/mol. The van der Waals surface area contributed by atoms with Crippen molar-refractivity contribution in [3.63, 3.8) is 0 Å². The van der Waals surface area contributed by atoms with Crippen LogP contribution in [0.3, 0.4) is 0 Å². The second-order valence-corrected chi connectivity index (χ2v) is 7.07. The Morgan fingerprint density at radius 3 is 2.95 bits per heavy atom. The smallest absolute Gasteiger partial charge is 0.242 e. The lowest BCUT2D eigenvalue weighted by Crippen LogP contribution is -2.47. The molecule has 0 spiro atoms. The average Bonchev–Trinajstić information content (AvgIpc) is 2.45. The van der Waals surface area contributed by atoms with E-state index >= 15 is 0 Å². The SMILES string of the molecule is CCN1CCOC(CNS(=O)(=O)c2ccc(N)cc2Cl)C1. The number of anilines is 1. The Hall–Kier alpha value is -0.860. The number of rotatable bonds is 5. The quantitative estimate of drug-likeness (QED) is 0.783. The van der Waals surface area contributed by atoms with Crippen molar-refractivity contribution in [3.8, 4) is 0 Å². The highest BCUT2D eigenvalue weighted by Crippen LogP contribution is 2.23. The molecule has 1 aromatic rings. The van der Waals surface area contributed by atoms with Gasteiger partial charge in [-0.3, -0.25) is 4.90 Å². The van der Waals surface area contributed by atoms with E-state index in [1.54, 1.807) is 0 Å². The van der Waals surface area contributed by atoms with Crippen LogP contribution >= 0.6 is 11.6 Å². The predicted octanol–water partition coefficient (Wildman–Crippen LogP) is 0.921. The number of ether oxygens (including phenoxy) is 1. The van der Waals surface area contributed by atoms with E-state index in [4.69, 9.17) is 22.1 Å². The number of morpholine rings is 1. The molecule has 0 saturated carbocycles. The Kier molecular flexibility index (Phi) is 5.45. The van der Waals surface area contributed by atoms with Crippen LogP contribution in [0.1, 0.15) is 6.92 Å². The van der Waals surface area contributed by atoms with Crippen LogP contribution in [-0.4, -0.2) is 52.2 Å². The van der Waals surface area contributed by atoms with Gasteiger partial charge in [0, 0.05) is 25.3 Å². The fourth-order valence-corrected chi connectivity index (χ4v) is 3.82.